The third-order valence-corrected chi connectivity index (χ3v) is 4.50. The van der Waals surface area contributed by atoms with Crippen LogP contribution in [0.5, 0.6) is 5.75 Å². The van der Waals surface area contributed by atoms with Crippen LogP contribution >= 0.6 is 0 Å². The fraction of sp³-hybridized carbons (Fsp3) is 0.381. The van der Waals surface area contributed by atoms with E-state index >= 15 is 0 Å². The highest BCUT2D eigenvalue weighted by Crippen LogP contribution is 2.17. The number of hydrogen-bond donors (Lipinski definition) is 1. The Morgan fingerprint density at radius 2 is 1.81 bits per heavy atom. The number of hydrogen-bond acceptors (Lipinski definition) is 4. The van der Waals surface area contributed by atoms with Gasteiger partial charge in [-0.05, 0) is 17.7 Å². The highest BCUT2D eigenvalue weighted by Gasteiger charge is 2.20. The number of rotatable bonds is 8. The molecule has 1 saturated heterocycles. The summed E-state index contributed by atoms with van der Waals surface area (Å²) in [6.07, 6.45) is 0.167. The van der Waals surface area contributed by atoms with E-state index in [0.717, 1.165) is 25.2 Å². The summed E-state index contributed by atoms with van der Waals surface area (Å²) >= 11 is 0. The SMILES string of the molecule is O=C(CCOc1ccccc1F)NC(CN1CCOCC1)c1ccccc1. The Balaban J connectivity index is 1.54. The maximum Gasteiger partial charge on any atom is 0.223 e. The Hall–Kier alpha value is -2.44. The Kier molecular flexibility index (Phi) is 7.19. The summed E-state index contributed by atoms with van der Waals surface area (Å²) in [7, 11) is 0. The lowest BCUT2D eigenvalue weighted by atomic mass is 10.1. The highest BCUT2D eigenvalue weighted by atomic mass is 19.1. The third kappa shape index (κ3) is 6.05. The largest absolute Gasteiger partial charge is 0.490 e. The number of carbonyl (C=O) groups is 1. The third-order valence-electron chi connectivity index (χ3n) is 4.50. The normalized spacial score (nSPS) is 15.9. The van der Waals surface area contributed by atoms with Crippen molar-refractivity contribution in [2.45, 2.75) is 12.5 Å². The molecule has 1 aliphatic rings. The van der Waals surface area contributed by atoms with Crippen LogP contribution in [0.25, 0.3) is 0 Å². The standard InChI is InChI=1S/C21H25FN2O3/c22-18-8-4-5-9-20(18)27-13-10-21(25)23-19(17-6-2-1-3-7-17)16-24-11-14-26-15-12-24/h1-9,19H,10-16H2,(H,23,25). The van der Waals surface area contributed by atoms with Crippen LogP contribution in [-0.4, -0.2) is 50.3 Å². The van der Waals surface area contributed by atoms with E-state index in [2.05, 4.69) is 10.2 Å². The van der Waals surface area contributed by atoms with Crippen molar-refractivity contribution in [1.29, 1.82) is 0 Å². The van der Waals surface area contributed by atoms with E-state index in [1.807, 2.05) is 30.3 Å². The van der Waals surface area contributed by atoms with Crippen molar-refractivity contribution in [3.05, 3.63) is 66.0 Å². The topological polar surface area (TPSA) is 50.8 Å². The first-order chi connectivity index (χ1) is 13.2. The van der Waals surface area contributed by atoms with E-state index in [9.17, 15) is 9.18 Å². The summed E-state index contributed by atoms with van der Waals surface area (Å²) in [5.41, 5.74) is 1.06. The first-order valence-electron chi connectivity index (χ1n) is 9.24. The van der Waals surface area contributed by atoms with Crippen LogP contribution in [0.4, 0.5) is 4.39 Å². The molecule has 1 heterocycles. The number of benzene rings is 2. The minimum absolute atomic E-state index is 0.106. The van der Waals surface area contributed by atoms with Crippen LogP contribution in [0, 0.1) is 5.82 Å². The van der Waals surface area contributed by atoms with Crippen LogP contribution in [0.15, 0.2) is 54.6 Å². The molecule has 6 heteroatoms. The van der Waals surface area contributed by atoms with E-state index < -0.39 is 5.82 Å². The van der Waals surface area contributed by atoms with Gasteiger partial charge in [0.1, 0.15) is 0 Å². The lowest BCUT2D eigenvalue weighted by Crippen LogP contribution is -2.43. The van der Waals surface area contributed by atoms with E-state index in [4.69, 9.17) is 9.47 Å². The molecule has 144 valence electrons. The highest BCUT2D eigenvalue weighted by molar-refractivity contribution is 5.76. The van der Waals surface area contributed by atoms with Gasteiger partial charge >= 0.3 is 0 Å². The van der Waals surface area contributed by atoms with E-state index in [-0.39, 0.29) is 30.7 Å². The predicted molar refractivity (Wildman–Crippen MR) is 101 cm³/mol. The number of ether oxygens (including phenoxy) is 2. The molecule has 1 N–H and O–H groups in total. The molecule has 3 rings (SSSR count). The number of para-hydroxylation sites is 1. The van der Waals surface area contributed by atoms with Gasteiger partial charge in [0.25, 0.3) is 0 Å². The van der Waals surface area contributed by atoms with Gasteiger partial charge in [0.15, 0.2) is 11.6 Å². The molecule has 1 fully saturated rings. The second-order valence-corrected chi connectivity index (χ2v) is 6.47. The smallest absolute Gasteiger partial charge is 0.223 e. The van der Waals surface area contributed by atoms with Gasteiger partial charge < -0.3 is 14.8 Å². The van der Waals surface area contributed by atoms with Crippen molar-refractivity contribution in [3.63, 3.8) is 0 Å². The summed E-state index contributed by atoms with van der Waals surface area (Å²) < 4.78 is 24.3. The van der Waals surface area contributed by atoms with Gasteiger partial charge in [-0.3, -0.25) is 9.69 Å². The summed E-state index contributed by atoms with van der Waals surface area (Å²) in [6.45, 7) is 4.00. The Labute approximate surface area is 159 Å². The van der Waals surface area contributed by atoms with Gasteiger partial charge in [-0.15, -0.1) is 0 Å². The summed E-state index contributed by atoms with van der Waals surface area (Å²) in [6, 6.07) is 16.0. The van der Waals surface area contributed by atoms with Gasteiger partial charge in [-0.1, -0.05) is 42.5 Å². The monoisotopic (exact) mass is 372 g/mol. The molecule has 5 nitrogen and oxygen atoms in total. The van der Waals surface area contributed by atoms with Gasteiger partial charge in [-0.25, -0.2) is 4.39 Å². The van der Waals surface area contributed by atoms with Crippen molar-refractivity contribution < 1.29 is 18.7 Å². The molecule has 1 unspecified atom stereocenters. The first-order valence-corrected chi connectivity index (χ1v) is 9.24. The molecule has 1 amide bonds. The van der Waals surface area contributed by atoms with Crippen LogP contribution in [0.1, 0.15) is 18.0 Å². The number of nitrogens with zero attached hydrogens (tertiary/aromatic N) is 1. The molecule has 27 heavy (non-hydrogen) atoms. The average Bonchev–Trinajstić information content (AvgIpc) is 2.70. The maximum atomic E-state index is 13.6. The zero-order chi connectivity index (χ0) is 18.9. The Bertz CT molecular complexity index is 720. The second-order valence-electron chi connectivity index (χ2n) is 6.47. The molecule has 1 aliphatic heterocycles. The molecular weight excluding hydrogens is 347 g/mol. The molecule has 0 aromatic heterocycles. The van der Waals surface area contributed by atoms with Crippen LogP contribution < -0.4 is 10.1 Å². The van der Waals surface area contributed by atoms with Gasteiger partial charge in [0.2, 0.25) is 5.91 Å². The number of morpholine rings is 1. The maximum absolute atomic E-state index is 13.6. The molecule has 0 bridgehead atoms. The molecule has 2 aromatic carbocycles. The lowest BCUT2D eigenvalue weighted by molar-refractivity contribution is -0.122. The van der Waals surface area contributed by atoms with Crippen molar-refractivity contribution in [2.24, 2.45) is 0 Å². The lowest BCUT2D eigenvalue weighted by Gasteiger charge is -2.31. The van der Waals surface area contributed by atoms with E-state index in [1.54, 1.807) is 18.2 Å². The second kappa shape index (κ2) is 10.0. The molecular formula is C21H25FN2O3. The van der Waals surface area contributed by atoms with Gasteiger partial charge in [0.05, 0.1) is 32.3 Å². The minimum atomic E-state index is -0.424. The zero-order valence-electron chi connectivity index (χ0n) is 15.3. The van der Waals surface area contributed by atoms with Crippen LogP contribution in [0.3, 0.4) is 0 Å². The van der Waals surface area contributed by atoms with Gasteiger partial charge in [-0.2, -0.15) is 0 Å². The average molecular weight is 372 g/mol. The van der Waals surface area contributed by atoms with Crippen molar-refractivity contribution >= 4 is 5.91 Å². The number of amides is 1. The van der Waals surface area contributed by atoms with Gasteiger partial charge in [0, 0.05) is 19.6 Å². The quantitative estimate of drug-likeness (QED) is 0.774. The van der Waals surface area contributed by atoms with Crippen molar-refractivity contribution in [3.8, 4) is 5.75 Å². The minimum Gasteiger partial charge on any atom is -0.490 e. The number of nitrogens with one attached hydrogen (secondary N) is 1. The molecule has 0 radical (unpaired) electrons. The summed E-state index contributed by atoms with van der Waals surface area (Å²) in [5.74, 6) is -0.376. The number of carbonyl (C=O) groups excluding carboxylic acids is 1. The number of halogens is 1. The fourth-order valence-electron chi connectivity index (χ4n) is 3.04. The van der Waals surface area contributed by atoms with Crippen LogP contribution in [-0.2, 0) is 9.53 Å². The predicted octanol–water partition coefficient (Wildman–Crippen LogP) is 2.78. The molecule has 1 atom stereocenters. The zero-order valence-corrected chi connectivity index (χ0v) is 15.3. The van der Waals surface area contributed by atoms with Crippen molar-refractivity contribution in [1.82, 2.24) is 10.2 Å². The molecule has 0 spiro atoms. The molecule has 0 saturated carbocycles. The summed E-state index contributed by atoms with van der Waals surface area (Å²) in [5, 5.41) is 3.09. The Morgan fingerprint density at radius 3 is 2.56 bits per heavy atom. The van der Waals surface area contributed by atoms with E-state index in [1.165, 1.54) is 6.07 Å². The molecule has 2 aromatic rings. The summed E-state index contributed by atoms with van der Waals surface area (Å²) in [4.78, 5) is 14.7. The Morgan fingerprint density at radius 1 is 1.11 bits per heavy atom. The first kappa shape index (κ1) is 19.3. The van der Waals surface area contributed by atoms with E-state index in [0.29, 0.717) is 13.2 Å². The molecule has 0 aliphatic carbocycles. The fourth-order valence-corrected chi connectivity index (χ4v) is 3.04. The van der Waals surface area contributed by atoms with Crippen LogP contribution in [0.2, 0.25) is 0 Å². The van der Waals surface area contributed by atoms with Crippen molar-refractivity contribution in [2.75, 3.05) is 39.5 Å².